The molecule has 2 aromatic rings. The molecule has 2 atom stereocenters. The summed E-state index contributed by atoms with van der Waals surface area (Å²) in [7, 11) is 1.71. The molecule has 2 rings (SSSR count). The van der Waals surface area contributed by atoms with E-state index in [1.165, 1.54) is 22.8 Å². The van der Waals surface area contributed by atoms with Crippen molar-refractivity contribution >= 4 is 10.8 Å². The Labute approximate surface area is 127 Å². The first-order chi connectivity index (χ1) is 10.2. The van der Waals surface area contributed by atoms with E-state index >= 15 is 0 Å². The predicted octanol–water partition coefficient (Wildman–Crippen LogP) is 3.66. The molecule has 3 heteroatoms. The highest BCUT2D eigenvalue weighted by atomic mass is 16.5. The van der Waals surface area contributed by atoms with Gasteiger partial charge in [-0.3, -0.25) is 11.3 Å². The van der Waals surface area contributed by atoms with Crippen molar-refractivity contribution in [2.45, 2.75) is 39.2 Å². The highest BCUT2D eigenvalue weighted by Gasteiger charge is 2.13. The Morgan fingerprint density at radius 3 is 2.71 bits per heavy atom. The van der Waals surface area contributed by atoms with Crippen LogP contribution < -0.4 is 16.0 Å². The Balaban J connectivity index is 2.27. The van der Waals surface area contributed by atoms with E-state index < -0.39 is 0 Å². The first-order valence-corrected chi connectivity index (χ1v) is 7.69. The number of fused-ring (bicyclic) bond motifs is 1. The van der Waals surface area contributed by atoms with Gasteiger partial charge in [0.05, 0.1) is 7.11 Å². The molecule has 0 spiro atoms. The van der Waals surface area contributed by atoms with Crippen LogP contribution >= 0.6 is 0 Å². The standard InChI is InChI=1S/C18H26N2O/c1-4-13(2)10-16(20-19)11-15-7-5-6-14-8-9-17(21-3)12-18(14)15/h5-9,12-13,16,20H,4,10-11,19H2,1-3H3. The van der Waals surface area contributed by atoms with Gasteiger partial charge >= 0.3 is 0 Å². The van der Waals surface area contributed by atoms with Gasteiger partial charge in [0.2, 0.25) is 0 Å². The van der Waals surface area contributed by atoms with Crippen molar-refractivity contribution in [3.63, 3.8) is 0 Å². The SMILES string of the molecule is CCC(C)CC(Cc1cccc2ccc(OC)cc12)NN. The zero-order valence-electron chi connectivity index (χ0n) is 13.2. The molecule has 0 fully saturated rings. The van der Waals surface area contributed by atoms with Gasteiger partial charge in [-0.15, -0.1) is 0 Å². The number of nitrogens with one attached hydrogen (secondary N) is 1. The molecule has 2 aromatic carbocycles. The van der Waals surface area contributed by atoms with E-state index in [-0.39, 0.29) is 0 Å². The largest absolute Gasteiger partial charge is 0.497 e. The summed E-state index contributed by atoms with van der Waals surface area (Å²) in [5.41, 5.74) is 4.30. The monoisotopic (exact) mass is 286 g/mol. The number of ether oxygens (including phenoxy) is 1. The summed E-state index contributed by atoms with van der Waals surface area (Å²) in [5, 5.41) is 2.49. The molecule has 3 N–H and O–H groups in total. The van der Waals surface area contributed by atoms with Gasteiger partial charge in [0.1, 0.15) is 5.75 Å². The first-order valence-electron chi connectivity index (χ1n) is 7.69. The lowest BCUT2D eigenvalue weighted by Gasteiger charge is -2.20. The summed E-state index contributed by atoms with van der Waals surface area (Å²) >= 11 is 0. The quantitative estimate of drug-likeness (QED) is 0.603. The Hall–Kier alpha value is -1.58. The molecule has 21 heavy (non-hydrogen) atoms. The van der Waals surface area contributed by atoms with Gasteiger partial charge in [0, 0.05) is 6.04 Å². The molecular formula is C18H26N2O. The van der Waals surface area contributed by atoms with Crippen molar-refractivity contribution in [2.75, 3.05) is 7.11 Å². The lowest BCUT2D eigenvalue weighted by Crippen LogP contribution is -2.38. The van der Waals surface area contributed by atoms with Crippen molar-refractivity contribution in [3.05, 3.63) is 42.0 Å². The number of benzene rings is 2. The fraction of sp³-hybridized carbons (Fsp3) is 0.444. The van der Waals surface area contributed by atoms with Crippen molar-refractivity contribution in [2.24, 2.45) is 11.8 Å². The van der Waals surface area contributed by atoms with Crippen LogP contribution in [0.1, 0.15) is 32.3 Å². The molecule has 0 saturated carbocycles. The Kier molecular flexibility index (Phi) is 5.59. The summed E-state index contributed by atoms with van der Waals surface area (Å²) < 4.78 is 5.35. The van der Waals surface area contributed by atoms with E-state index in [1.54, 1.807) is 7.11 Å². The number of nitrogens with two attached hydrogens (primary N) is 1. The lowest BCUT2D eigenvalue weighted by molar-refractivity contribution is 0.397. The molecule has 0 radical (unpaired) electrons. The fourth-order valence-corrected chi connectivity index (χ4v) is 2.75. The maximum Gasteiger partial charge on any atom is 0.119 e. The molecule has 3 nitrogen and oxygen atoms in total. The minimum atomic E-state index is 0.303. The number of methoxy groups -OCH3 is 1. The maximum atomic E-state index is 5.75. The Morgan fingerprint density at radius 2 is 2.05 bits per heavy atom. The molecule has 114 valence electrons. The minimum absolute atomic E-state index is 0.303. The van der Waals surface area contributed by atoms with Gasteiger partial charge < -0.3 is 4.74 Å². The number of hydrogen-bond donors (Lipinski definition) is 2. The highest BCUT2D eigenvalue weighted by molar-refractivity contribution is 5.87. The minimum Gasteiger partial charge on any atom is -0.497 e. The second-order valence-corrected chi connectivity index (χ2v) is 5.82. The van der Waals surface area contributed by atoms with Gasteiger partial charge in [-0.1, -0.05) is 44.5 Å². The number of hydrazine groups is 1. The predicted molar refractivity (Wildman–Crippen MR) is 89.4 cm³/mol. The van der Waals surface area contributed by atoms with Crippen LogP contribution in [-0.2, 0) is 6.42 Å². The normalized spacial score (nSPS) is 14.1. The number of hydrogen-bond acceptors (Lipinski definition) is 3. The third-order valence-corrected chi connectivity index (χ3v) is 4.27. The molecule has 0 amide bonds. The average Bonchev–Trinajstić information content (AvgIpc) is 2.53. The van der Waals surface area contributed by atoms with E-state index in [1.807, 2.05) is 6.07 Å². The molecule has 2 unspecified atom stereocenters. The second-order valence-electron chi connectivity index (χ2n) is 5.82. The Bertz CT molecular complexity index is 582. The van der Waals surface area contributed by atoms with Crippen LogP contribution in [0.3, 0.4) is 0 Å². The van der Waals surface area contributed by atoms with E-state index in [0.29, 0.717) is 12.0 Å². The molecule has 0 aliphatic heterocycles. The molecule has 0 aromatic heterocycles. The van der Waals surface area contributed by atoms with Crippen molar-refractivity contribution in [3.8, 4) is 5.75 Å². The summed E-state index contributed by atoms with van der Waals surface area (Å²) in [4.78, 5) is 0. The second kappa shape index (κ2) is 7.43. The van der Waals surface area contributed by atoms with E-state index in [2.05, 4.69) is 49.6 Å². The Morgan fingerprint density at radius 1 is 1.24 bits per heavy atom. The van der Waals surface area contributed by atoms with Crippen LogP contribution in [0.2, 0.25) is 0 Å². The van der Waals surface area contributed by atoms with Crippen LogP contribution in [0.4, 0.5) is 0 Å². The topological polar surface area (TPSA) is 47.3 Å². The zero-order chi connectivity index (χ0) is 15.2. The highest BCUT2D eigenvalue weighted by Crippen LogP contribution is 2.25. The van der Waals surface area contributed by atoms with Crippen LogP contribution in [0, 0.1) is 5.92 Å². The van der Waals surface area contributed by atoms with Crippen LogP contribution in [0.25, 0.3) is 10.8 Å². The molecule has 0 aliphatic rings. The third kappa shape index (κ3) is 3.96. The summed E-state index contributed by atoms with van der Waals surface area (Å²) in [5.74, 6) is 7.32. The van der Waals surface area contributed by atoms with E-state index in [9.17, 15) is 0 Å². The van der Waals surface area contributed by atoms with Gasteiger partial charge in [-0.25, -0.2) is 0 Å². The van der Waals surface area contributed by atoms with Crippen LogP contribution in [-0.4, -0.2) is 13.2 Å². The van der Waals surface area contributed by atoms with E-state index in [0.717, 1.165) is 18.6 Å². The third-order valence-electron chi connectivity index (χ3n) is 4.27. The molecule has 0 bridgehead atoms. The summed E-state index contributed by atoms with van der Waals surface area (Å²) in [6.07, 6.45) is 3.21. The maximum absolute atomic E-state index is 5.75. The zero-order valence-corrected chi connectivity index (χ0v) is 13.2. The van der Waals surface area contributed by atoms with Crippen LogP contribution in [0.5, 0.6) is 5.75 Å². The molecule has 0 saturated heterocycles. The molecule has 0 heterocycles. The summed E-state index contributed by atoms with van der Waals surface area (Å²) in [6, 6.07) is 13.0. The smallest absolute Gasteiger partial charge is 0.119 e. The average molecular weight is 286 g/mol. The lowest BCUT2D eigenvalue weighted by atomic mass is 9.92. The summed E-state index contributed by atoms with van der Waals surface area (Å²) in [6.45, 7) is 4.50. The fourth-order valence-electron chi connectivity index (χ4n) is 2.75. The van der Waals surface area contributed by atoms with Crippen molar-refractivity contribution < 1.29 is 4.74 Å². The van der Waals surface area contributed by atoms with Gasteiger partial charge in [-0.05, 0) is 47.2 Å². The molecular weight excluding hydrogens is 260 g/mol. The van der Waals surface area contributed by atoms with Gasteiger partial charge in [0.25, 0.3) is 0 Å². The first kappa shape index (κ1) is 15.8. The van der Waals surface area contributed by atoms with Gasteiger partial charge in [-0.2, -0.15) is 0 Å². The van der Waals surface area contributed by atoms with Crippen LogP contribution in [0.15, 0.2) is 36.4 Å². The van der Waals surface area contributed by atoms with Crippen molar-refractivity contribution in [1.29, 1.82) is 0 Å². The van der Waals surface area contributed by atoms with E-state index in [4.69, 9.17) is 10.6 Å². The molecule has 0 aliphatic carbocycles. The number of rotatable bonds is 7. The van der Waals surface area contributed by atoms with Gasteiger partial charge in [0.15, 0.2) is 0 Å². The van der Waals surface area contributed by atoms with Crippen molar-refractivity contribution in [1.82, 2.24) is 5.43 Å².